The molecule has 0 saturated carbocycles. The third-order valence-corrected chi connectivity index (χ3v) is 3.17. The van der Waals surface area contributed by atoms with Crippen LogP contribution >= 0.6 is 0 Å². The lowest BCUT2D eigenvalue weighted by Gasteiger charge is -2.06. The summed E-state index contributed by atoms with van der Waals surface area (Å²) < 4.78 is 10.6. The molecule has 0 bridgehead atoms. The number of carboxylic acids is 1. The minimum Gasteiger partial charge on any atom is -0.481 e. The van der Waals surface area contributed by atoms with Crippen LogP contribution < -0.4 is 4.74 Å². The molecule has 0 unspecified atom stereocenters. The van der Waals surface area contributed by atoms with Crippen molar-refractivity contribution in [2.45, 2.75) is 6.92 Å². The summed E-state index contributed by atoms with van der Waals surface area (Å²) in [6.07, 6.45) is 0. The van der Waals surface area contributed by atoms with Crippen LogP contribution in [-0.4, -0.2) is 27.8 Å². The normalized spacial score (nSPS) is 10.5. The predicted molar refractivity (Wildman–Crippen MR) is 83.0 cm³/mol. The maximum Gasteiger partial charge on any atom is 0.341 e. The zero-order valence-electron chi connectivity index (χ0n) is 12.4. The summed E-state index contributed by atoms with van der Waals surface area (Å²) >= 11 is 0. The van der Waals surface area contributed by atoms with E-state index in [0.29, 0.717) is 17.1 Å². The molecular formula is C17H14N2O4. The van der Waals surface area contributed by atoms with Gasteiger partial charge in [-0.1, -0.05) is 41.1 Å². The van der Waals surface area contributed by atoms with Gasteiger partial charge in [-0.3, -0.25) is 0 Å². The third kappa shape index (κ3) is 3.37. The molecule has 0 spiro atoms. The molecule has 3 rings (SSSR count). The minimum absolute atomic E-state index is 0.280. The van der Waals surface area contributed by atoms with Crippen LogP contribution in [0.3, 0.4) is 0 Å². The molecule has 0 radical (unpaired) electrons. The van der Waals surface area contributed by atoms with E-state index in [0.717, 1.165) is 11.1 Å². The SMILES string of the molecule is Cc1cccc(-c2noc(-c3ccccc3OCC(=O)O)n2)c1. The van der Waals surface area contributed by atoms with E-state index in [1.165, 1.54) is 0 Å². The van der Waals surface area contributed by atoms with Crippen molar-refractivity contribution < 1.29 is 19.2 Å². The van der Waals surface area contributed by atoms with E-state index < -0.39 is 12.6 Å². The van der Waals surface area contributed by atoms with Gasteiger partial charge in [0, 0.05) is 5.56 Å². The zero-order chi connectivity index (χ0) is 16.2. The number of aromatic nitrogens is 2. The second-order valence-corrected chi connectivity index (χ2v) is 4.97. The van der Waals surface area contributed by atoms with Gasteiger partial charge in [-0.25, -0.2) is 4.79 Å². The highest BCUT2D eigenvalue weighted by atomic mass is 16.5. The van der Waals surface area contributed by atoms with Gasteiger partial charge < -0.3 is 14.4 Å². The second kappa shape index (κ2) is 6.31. The Labute approximate surface area is 132 Å². The predicted octanol–water partition coefficient (Wildman–Crippen LogP) is 3.18. The van der Waals surface area contributed by atoms with Crippen molar-refractivity contribution in [1.82, 2.24) is 10.1 Å². The van der Waals surface area contributed by atoms with Crippen LogP contribution in [0.2, 0.25) is 0 Å². The van der Waals surface area contributed by atoms with Gasteiger partial charge >= 0.3 is 5.97 Å². The molecule has 0 aliphatic carbocycles. The number of carboxylic acid groups (broad SMARTS) is 1. The monoisotopic (exact) mass is 310 g/mol. The highest BCUT2D eigenvalue weighted by molar-refractivity contribution is 5.70. The second-order valence-electron chi connectivity index (χ2n) is 4.97. The Hall–Kier alpha value is -3.15. The van der Waals surface area contributed by atoms with Crippen LogP contribution in [-0.2, 0) is 4.79 Å². The lowest BCUT2D eigenvalue weighted by molar-refractivity contribution is -0.139. The van der Waals surface area contributed by atoms with Crippen molar-refractivity contribution in [3.05, 3.63) is 54.1 Å². The number of hydrogen-bond donors (Lipinski definition) is 1. The standard InChI is InChI=1S/C17H14N2O4/c1-11-5-4-6-12(9-11)16-18-17(23-19-16)13-7-2-3-8-14(13)22-10-15(20)21/h2-9H,10H2,1H3,(H,20,21). The molecule has 1 N–H and O–H groups in total. The minimum atomic E-state index is -1.05. The van der Waals surface area contributed by atoms with E-state index in [-0.39, 0.29) is 5.89 Å². The van der Waals surface area contributed by atoms with Crippen molar-refractivity contribution in [2.75, 3.05) is 6.61 Å². The Bertz CT molecular complexity index is 842. The summed E-state index contributed by atoms with van der Waals surface area (Å²) in [6, 6.07) is 14.7. The number of rotatable bonds is 5. The van der Waals surface area contributed by atoms with Gasteiger partial charge in [0.05, 0.1) is 5.56 Å². The van der Waals surface area contributed by atoms with Gasteiger partial charge in [0.25, 0.3) is 5.89 Å². The first-order valence-corrected chi connectivity index (χ1v) is 6.98. The first-order valence-electron chi connectivity index (χ1n) is 6.98. The van der Waals surface area contributed by atoms with Gasteiger partial charge in [-0.05, 0) is 25.1 Å². The molecule has 0 saturated heterocycles. The van der Waals surface area contributed by atoms with Crippen LogP contribution in [0.25, 0.3) is 22.8 Å². The fourth-order valence-corrected chi connectivity index (χ4v) is 2.14. The zero-order valence-corrected chi connectivity index (χ0v) is 12.4. The molecule has 0 atom stereocenters. The van der Waals surface area contributed by atoms with E-state index in [1.54, 1.807) is 24.3 Å². The Balaban J connectivity index is 1.93. The summed E-state index contributed by atoms with van der Waals surface area (Å²) in [5.41, 5.74) is 2.50. The Morgan fingerprint density at radius 2 is 2.04 bits per heavy atom. The van der Waals surface area contributed by atoms with Crippen LogP contribution in [0, 0.1) is 6.92 Å². The average molecular weight is 310 g/mol. The Kier molecular flexibility index (Phi) is 4.05. The Morgan fingerprint density at radius 3 is 2.83 bits per heavy atom. The largest absolute Gasteiger partial charge is 0.481 e. The molecule has 6 nitrogen and oxygen atoms in total. The molecule has 3 aromatic rings. The van der Waals surface area contributed by atoms with Crippen LogP contribution in [0.1, 0.15) is 5.56 Å². The highest BCUT2D eigenvalue weighted by Gasteiger charge is 2.15. The summed E-state index contributed by atoms with van der Waals surface area (Å²) in [5.74, 6) is 0.0827. The van der Waals surface area contributed by atoms with Gasteiger partial charge in [0.15, 0.2) is 6.61 Å². The van der Waals surface area contributed by atoms with Gasteiger partial charge in [-0.2, -0.15) is 4.98 Å². The smallest absolute Gasteiger partial charge is 0.341 e. The number of nitrogens with zero attached hydrogens (tertiary/aromatic N) is 2. The summed E-state index contributed by atoms with van der Waals surface area (Å²) in [6.45, 7) is 1.55. The van der Waals surface area contributed by atoms with Crippen molar-refractivity contribution in [2.24, 2.45) is 0 Å². The molecular weight excluding hydrogens is 296 g/mol. The summed E-state index contributed by atoms with van der Waals surface area (Å²) in [7, 11) is 0. The maximum atomic E-state index is 10.7. The van der Waals surface area contributed by atoms with E-state index >= 15 is 0 Å². The fraction of sp³-hybridized carbons (Fsp3) is 0.118. The number of hydrogen-bond acceptors (Lipinski definition) is 5. The van der Waals surface area contributed by atoms with Gasteiger partial charge in [0.1, 0.15) is 5.75 Å². The molecule has 23 heavy (non-hydrogen) atoms. The summed E-state index contributed by atoms with van der Waals surface area (Å²) in [4.78, 5) is 15.0. The van der Waals surface area contributed by atoms with Crippen molar-refractivity contribution >= 4 is 5.97 Å². The Morgan fingerprint density at radius 1 is 1.22 bits per heavy atom. The summed E-state index contributed by atoms with van der Waals surface area (Å²) in [5, 5.41) is 12.7. The average Bonchev–Trinajstić information content (AvgIpc) is 3.03. The molecule has 0 fully saturated rings. The van der Waals surface area contributed by atoms with E-state index in [1.807, 2.05) is 31.2 Å². The topological polar surface area (TPSA) is 85.5 Å². The quantitative estimate of drug-likeness (QED) is 0.779. The molecule has 6 heteroatoms. The third-order valence-electron chi connectivity index (χ3n) is 3.17. The first kappa shape index (κ1) is 14.8. The molecule has 2 aromatic carbocycles. The molecule has 0 aliphatic rings. The molecule has 1 heterocycles. The number of aliphatic carboxylic acids is 1. The number of aryl methyl sites for hydroxylation is 1. The van der Waals surface area contributed by atoms with E-state index in [2.05, 4.69) is 10.1 Å². The number of ether oxygens (including phenoxy) is 1. The van der Waals surface area contributed by atoms with Crippen LogP contribution in [0.5, 0.6) is 5.75 Å². The first-order chi connectivity index (χ1) is 11.1. The van der Waals surface area contributed by atoms with Gasteiger partial charge in [-0.15, -0.1) is 0 Å². The molecule has 0 amide bonds. The maximum absolute atomic E-state index is 10.7. The van der Waals surface area contributed by atoms with Crippen LogP contribution in [0.15, 0.2) is 53.1 Å². The van der Waals surface area contributed by atoms with Crippen molar-refractivity contribution in [3.8, 4) is 28.6 Å². The van der Waals surface area contributed by atoms with Crippen LogP contribution in [0.4, 0.5) is 0 Å². The van der Waals surface area contributed by atoms with Crippen molar-refractivity contribution in [3.63, 3.8) is 0 Å². The molecule has 0 aliphatic heterocycles. The molecule has 116 valence electrons. The molecule has 1 aromatic heterocycles. The lowest BCUT2D eigenvalue weighted by atomic mass is 10.1. The van der Waals surface area contributed by atoms with Gasteiger partial charge in [0.2, 0.25) is 5.82 Å². The fourth-order valence-electron chi connectivity index (χ4n) is 2.14. The van der Waals surface area contributed by atoms with E-state index in [4.69, 9.17) is 14.4 Å². The number of benzene rings is 2. The van der Waals surface area contributed by atoms with Crippen molar-refractivity contribution in [1.29, 1.82) is 0 Å². The highest BCUT2D eigenvalue weighted by Crippen LogP contribution is 2.30. The number of para-hydroxylation sites is 1. The lowest BCUT2D eigenvalue weighted by Crippen LogP contribution is -2.09. The number of carbonyl (C=O) groups is 1. The van der Waals surface area contributed by atoms with E-state index in [9.17, 15) is 4.79 Å².